The highest BCUT2D eigenvalue weighted by atomic mass is 35.5. The minimum Gasteiger partial charge on any atom is -0.454 e. The molecule has 39 heavy (non-hydrogen) atoms. The Morgan fingerprint density at radius 1 is 1.13 bits per heavy atom. The van der Waals surface area contributed by atoms with E-state index in [2.05, 4.69) is 5.32 Å². The molecule has 0 spiro atoms. The average Bonchev–Trinajstić information content (AvgIpc) is 3.52. The molecule has 1 aliphatic rings. The number of anilines is 1. The van der Waals surface area contributed by atoms with Crippen molar-refractivity contribution in [2.24, 2.45) is 0 Å². The summed E-state index contributed by atoms with van der Waals surface area (Å²) in [5.41, 5.74) is 3.14. The van der Waals surface area contributed by atoms with Crippen LogP contribution in [0.25, 0.3) is 10.9 Å². The molecule has 2 heterocycles. The lowest BCUT2D eigenvalue weighted by molar-refractivity contribution is -0.127. The van der Waals surface area contributed by atoms with E-state index in [0.717, 1.165) is 22.2 Å². The Hall–Kier alpha value is -4.01. The number of rotatable bonds is 9. The molecule has 0 aliphatic carbocycles. The van der Waals surface area contributed by atoms with Crippen LogP contribution in [-0.2, 0) is 29.0 Å². The van der Waals surface area contributed by atoms with Gasteiger partial charge in [0.05, 0.1) is 10.5 Å². The van der Waals surface area contributed by atoms with Crippen molar-refractivity contribution in [3.05, 3.63) is 88.6 Å². The minimum atomic E-state index is -2.85. The summed E-state index contributed by atoms with van der Waals surface area (Å²) in [4.78, 5) is 28.3. The normalized spacial score (nSPS) is 14.4. The van der Waals surface area contributed by atoms with E-state index in [1.54, 1.807) is 47.0 Å². The van der Waals surface area contributed by atoms with Gasteiger partial charge in [-0.05, 0) is 48.7 Å². The molecule has 0 unspecified atom stereocenters. The maximum Gasteiger partial charge on any atom is 0.249 e. The Bertz CT molecular complexity index is 1620. The molecular weight excluding hydrogens is 518 g/mol. The van der Waals surface area contributed by atoms with Crippen molar-refractivity contribution in [3.8, 4) is 11.5 Å². The number of aliphatic hydroxyl groups excluding tert-OH is 1. The van der Waals surface area contributed by atoms with Crippen LogP contribution in [0.15, 0.2) is 66.7 Å². The second kappa shape index (κ2) is 11.4. The third kappa shape index (κ3) is 5.44. The first-order valence-corrected chi connectivity index (χ1v) is 12.9. The van der Waals surface area contributed by atoms with Gasteiger partial charge in [-0.2, -0.15) is 0 Å². The monoisotopic (exact) mass is 550 g/mol. The maximum atomic E-state index is 14.0. The van der Waals surface area contributed by atoms with Gasteiger partial charge in [-0.1, -0.05) is 48.0 Å². The summed E-state index contributed by atoms with van der Waals surface area (Å²) in [6, 6.07) is 17.7. The fourth-order valence-electron chi connectivity index (χ4n) is 4.92. The quantitative estimate of drug-likeness (QED) is 0.325. The van der Waals surface area contributed by atoms with Gasteiger partial charge in [0.25, 0.3) is 0 Å². The van der Waals surface area contributed by atoms with E-state index in [4.69, 9.17) is 25.2 Å². The van der Waals surface area contributed by atoms with Gasteiger partial charge in [0, 0.05) is 46.9 Å². The number of aromatic nitrogens is 1. The lowest BCUT2D eigenvalue weighted by atomic mass is 10.0. The van der Waals surface area contributed by atoms with Gasteiger partial charge in [-0.25, -0.2) is 0 Å². The van der Waals surface area contributed by atoms with Crippen molar-refractivity contribution in [2.45, 2.75) is 32.4 Å². The largest absolute Gasteiger partial charge is 0.454 e. The predicted molar refractivity (Wildman–Crippen MR) is 151 cm³/mol. The number of aliphatic hydroxyl groups is 1. The van der Waals surface area contributed by atoms with Gasteiger partial charge in [0.1, 0.15) is 12.6 Å². The average molecular weight is 551 g/mol. The number of hydrogen-bond donors (Lipinski definition) is 2. The zero-order valence-corrected chi connectivity index (χ0v) is 22.1. The molecular formula is C30H30ClN3O5. The summed E-state index contributed by atoms with van der Waals surface area (Å²) in [5, 5.41) is 13.7. The molecule has 1 aliphatic heterocycles. The Morgan fingerprint density at radius 3 is 2.69 bits per heavy atom. The van der Waals surface area contributed by atoms with Crippen molar-refractivity contribution in [3.63, 3.8) is 0 Å². The molecule has 202 valence electrons. The molecule has 2 amide bonds. The first-order valence-electron chi connectivity index (χ1n) is 14.0. The standard InChI is InChI=1S/C30H30ClN3O5/c1-19-22(13-14-35)29-23(31)9-6-10-25(29)34(19)17-28(36)32-24(15-20-7-4-3-5-8-20)30(37)33(2)21-11-12-26-27(16-21)39-18-38-26/h3-12,16,24,35H,13-15,17-18H2,1-2H3,(H,32,36)/t24-/m0/s1/i2D3. The fourth-order valence-corrected chi connectivity index (χ4v) is 5.21. The van der Waals surface area contributed by atoms with Crippen LogP contribution in [0, 0.1) is 6.92 Å². The maximum absolute atomic E-state index is 14.0. The molecule has 2 N–H and O–H groups in total. The number of hydrogen-bond acceptors (Lipinski definition) is 5. The number of likely N-dealkylation sites (N-methyl/N-ethyl adjacent to an activating group) is 1. The Labute approximate surface area is 235 Å². The summed E-state index contributed by atoms with van der Waals surface area (Å²) >= 11 is 6.49. The number of halogens is 1. The van der Waals surface area contributed by atoms with Crippen LogP contribution in [0.2, 0.25) is 5.02 Å². The van der Waals surface area contributed by atoms with Crippen molar-refractivity contribution < 1.29 is 28.3 Å². The predicted octanol–water partition coefficient (Wildman–Crippen LogP) is 4.26. The molecule has 0 saturated heterocycles. The number of nitrogens with one attached hydrogen (secondary N) is 1. The third-order valence-electron chi connectivity index (χ3n) is 6.84. The van der Waals surface area contributed by atoms with Crippen LogP contribution < -0.4 is 19.7 Å². The summed E-state index contributed by atoms with van der Waals surface area (Å²) in [6.07, 6.45) is 0.425. The minimum absolute atomic E-state index is 0.00802. The highest BCUT2D eigenvalue weighted by molar-refractivity contribution is 6.35. The molecule has 0 radical (unpaired) electrons. The summed E-state index contributed by atoms with van der Waals surface area (Å²) in [5.74, 6) is -0.522. The van der Waals surface area contributed by atoms with Crippen molar-refractivity contribution in [1.29, 1.82) is 0 Å². The van der Waals surface area contributed by atoms with Crippen LogP contribution in [0.5, 0.6) is 11.5 Å². The Morgan fingerprint density at radius 2 is 1.92 bits per heavy atom. The van der Waals surface area contributed by atoms with Crippen LogP contribution >= 0.6 is 11.6 Å². The topological polar surface area (TPSA) is 93.0 Å². The van der Waals surface area contributed by atoms with Gasteiger partial charge in [0.15, 0.2) is 11.5 Å². The fraction of sp³-hybridized carbons (Fsp3) is 0.267. The molecule has 0 saturated carbocycles. The van der Waals surface area contributed by atoms with Crippen LogP contribution in [-0.4, -0.2) is 47.9 Å². The molecule has 5 rings (SSSR count). The molecule has 1 aromatic heterocycles. The molecule has 1 atom stereocenters. The lowest BCUT2D eigenvalue weighted by Crippen LogP contribution is -2.49. The summed E-state index contributed by atoms with van der Waals surface area (Å²) in [7, 11) is 0. The highest BCUT2D eigenvalue weighted by Gasteiger charge is 2.27. The summed E-state index contributed by atoms with van der Waals surface area (Å²) in [6.45, 7) is -1.25. The molecule has 4 aromatic rings. The SMILES string of the molecule is [2H]C([2H])([2H])N(C(=O)[C@H](Cc1ccccc1)NC(=O)Cn1c(C)c(CCO)c2c(Cl)cccc21)c1ccc2c(c1)OCO2. The first-order chi connectivity index (χ1) is 20.1. The van der Waals surface area contributed by atoms with E-state index in [0.29, 0.717) is 33.4 Å². The number of fused-ring (bicyclic) bond motifs is 2. The number of amides is 2. The van der Waals surface area contributed by atoms with Crippen LogP contribution in [0.3, 0.4) is 0 Å². The zero-order chi connectivity index (χ0) is 30.0. The van der Waals surface area contributed by atoms with E-state index in [9.17, 15) is 14.7 Å². The van der Waals surface area contributed by atoms with Crippen LogP contribution in [0.1, 0.15) is 20.9 Å². The van der Waals surface area contributed by atoms with E-state index >= 15 is 0 Å². The molecule has 9 heteroatoms. The number of ether oxygens (including phenoxy) is 2. The van der Waals surface area contributed by atoms with Crippen molar-refractivity contribution in [2.75, 3.05) is 25.3 Å². The Balaban J connectivity index is 1.48. The Kier molecular flexibility index (Phi) is 6.70. The third-order valence-corrected chi connectivity index (χ3v) is 7.15. The van der Waals surface area contributed by atoms with E-state index in [1.165, 1.54) is 12.1 Å². The first kappa shape index (κ1) is 22.9. The van der Waals surface area contributed by atoms with Gasteiger partial charge in [-0.3, -0.25) is 9.59 Å². The van der Waals surface area contributed by atoms with Gasteiger partial charge < -0.3 is 29.4 Å². The van der Waals surface area contributed by atoms with E-state index in [-0.39, 0.29) is 32.1 Å². The smallest absolute Gasteiger partial charge is 0.249 e. The second-order valence-electron chi connectivity index (χ2n) is 9.28. The zero-order valence-electron chi connectivity index (χ0n) is 24.3. The second-order valence-corrected chi connectivity index (χ2v) is 9.69. The number of nitrogens with zero attached hydrogens (tertiary/aromatic N) is 2. The highest BCUT2D eigenvalue weighted by Crippen LogP contribution is 2.35. The molecule has 8 nitrogen and oxygen atoms in total. The number of benzene rings is 3. The van der Waals surface area contributed by atoms with Crippen LogP contribution in [0.4, 0.5) is 5.69 Å². The van der Waals surface area contributed by atoms with E-state index < -0.39 is 24.8 Å². The number of carbonyl (C=O) groups excluding carboxylic acids is 2. The molecule has 3 aromatic carbocycles. The van der Waals surface area contributed by atoms with Gasteiger partial charge in [0.2, 0.25) is 18.6 Å². The van der Waals surface area contributed by atoms with Crippen molar-refractivity contribution >= 4 is 40.0 Å². The molecule has 0 bridgehead atoms. The summed E-state index contributed by atoms with van der Waals surface area (Å²) < 4.78 is 37.1. The molecule has 0 fully saturated rings. The lowest BCUT2D eigenvalue weighted by Gasteiger charge is -2.25. The van der Waals surface area contributed by atoms with E-state index in [1.807, 2.05) is 19.1 Å². The van der Waals surface area contributed by atoms with Gasteiger partial charge in [-0.15, -0.1) is 0 Å². The van der Waals surface area contributed by atoms with Gasteiger partial charge >= 0.3 is 0 Å². The van der Waals surface area contributed by atoms with Crippen molar-refractivity contribution in [1.82, 2.24) is 9.88 Å². The number of carbonyl (C=O) groups is 2.